The maximum absolute atomic E-state index is 12.4. The van der Waals surface area contributed by atoms with E-state index in [9.17, 15) is 19.6 Å². The van der Waals surface area contributed by atoms with Crippen LogP contribution in [-0.4, -0.2) is 81.4 Å². The van der Waals surface area contributed by atoms with Gasteiger partial charge in [-0.15, -0.1) is 0 Å². The van der Waals surface area contributed by atoms with Gasteiger partial charge in [-0.25, -0.2) is 30.1 Å². The summed E-state index contributed by atoms with van der Waals surface area (Å²) in [6, 6.07) is 30.0. The van der Waals surface area contributed by atoms with Crippen LogP contribution in [-0.2, 0) is 29.3 Å². The Morgan fingerprint density at radius 3 is 1.35 bits per heavy atom. The number of amides is 3. The Kier molecular flexibility index (Phi) is 17.8. The van der Waals surface area contributed by atoms with Crippen molar-refractivity contribution in [3.05, 3.63) is 165 Å². The van der Waals surface area contributed by atoms with E-state index in [0.717, 1.165) is 49.0 Å². The van der Waals surface area contributed by atoms with Crippen LogP contribution in [0.25, 0.3) is 22.3 Å². The van der Waals surface area contributed by atoms with E-state index in [1.54, 1.807) is 24.7 Å². The van der Waals surface area contributed by atoms with Crippen LogP contribution in [0, 0.1) is 0 Å². The summed E-state index contributed by atoms with van der Waals surface area (Å²) in [5.41, 5.74) is 11.5. The molecule has 3 aliphatic heterocycles. The Morgan fingerprint density at radius 2 is 0.917 bits per heavy atom. The largest absolute Gasteiger partial charge is 0.488 e. The van der Waals surface area contributed by atoms with Crippen LogP contribution in [0.4, 0.5) is 0 Å². The summed E-state index contributed by atoms with van der Waals surface area (Å²) >= 11 is 3.33. The number of fused-ring (bicyclic) bond motifs is 3. The zero-order valence-electron chi connectivity index (χ0n) is 43.3. The standard InChI is InChI=1S/C20H24N2O2.C16H16N2O2.C11H13BrN2O2.C9H13BO2/c1-13(2)14-7-6-8-15(9-14)16-10-17-12-22(24-20(3,4)5)19(23)18(17)21-11-16;1-10(2)11-4-3-5-12(6-11)13-7-14-9-18(20)16(19)15(14)17-8-13;1-11(2,3)16-14-6-7-4-8(12)5-13-9(7)10(14)15;1-7(2)8-4-3-5-9(6-8)10(11)12/h6-11,13H,12H2,1-5H3;3-8,10,20H,9H2,1-2H3;4-5H,6H2,1-3H3;3-7,11-12H,1-2H3. The summed E-state index contributed by atoms with van der Waals surface area (Å²) in [6.45, 7) is 25.4. The quantitative estimate of drug-likeness (QED) is 0.0976. The molecule has 6 aromatic rings. The number of hydroxylamine groups is 6. The summed E-state index contributed by atoms with van der Waals surface area (Å²) in [4.78, 5) is 59.9. The van der Waals surface area contributed by atoms with E-state index in [-0.39, 0.29) is 24.0 Å². The zero-order chi connectivity index (χ0) is 52.8. The Morgan fingerprint density at radius 1 is 0.528 bits per heavy atom. The Labute approximate surface area is 432 Å². The second-order valence-electron chi connectivity index (χ2n) is 20.8. The lowest BCUT2D eigenvalue weighted by Crippen LogP contribution is -2.34. The maximum atomic E-state index is 12.4. The summed E-state index contributed by atoms with van der Waals surface area (Å²) in [5.74, 6) is 0.599. The number of hydrogen-bond acceptors (Lipinski definition) is 11. The van der Waals surface area contributed by atoms with Gasteiger partial charge in [-0.3, -0.25) is 29.3 Å². The number of pyridine rings is 3. The highest BCUT2D eigenvalue weighted by Gasteiger charge is 2.34. The molecular weight excluding hydrogens is 975 g/mol. The molecule has 0 fully saturated rings. The predicted molar refractivity (Wildman–Crippen MR) is 283 cm³/mol. The normalized spacial score (nSPS) is 13.9. The molecule has 0 spiro atoms. The molecule has 3 aromatic heterocycles. The first kappa shape index (κ1) is 55.2. The van der Waals surface area contributed by atoms with Gasteiger partial charge in [0.25, 0.3) is 17.7 Å². The number of nitrogens with zero attached hydrogens (tertiary/aromatic N) is 6. The van der Waals surface area contributed by atoms with Crippen LogP contribution in [0.3, 0.4) is 0 Å². The molecule has 0 saturated heterocycles. The van der Waals surface area contributed by atoms with E-state index >= 15 is 0 Å². The Bertz CT molecular complexity index is 2890. The Hall–Kier alpha value is -6.14. The van der Waals surface area contributed by atoms with Crippen LogP contribution in [0.15, 0.2) is 114 Å². The molecule has 6 heterocycles. The third kappa shape index (κ3) is 14.3. The first-order valence-corrected chi connectivity index (χ1v) is 24.9. The first-order valence-electron chi connectivity index (χ1n) is 24.1. The van der Waals surface area contributed by atoms with Crippen molar-refractivity contribution in [1.82, 2.24) is 30.1 Å². The fourth-order valence-corrected chi connectivity index (χ4v) is 8.22. The number of carbonyl (C=O) groups excluding carboxylic acids is 3. The van der Waals surface area contributed by atoms with Gasteiger partial charge in [0, 0.05) is 50.9 Å². The van der Waals surface area contributed by atoms with Gasteiger partial charge in [0.1, 0.15) is 17.1 Å². The lowest BCUT2D eigenvalue weighted by atomic mass is 9.79. The van der Waals surface area contributed by atoms with Gasteiger partial charge in [-0.1, -0.05) is 114 Å². The van der Waals surface area contributed by atoms with Gasteiger partial charge < -0.3 is 10.0 Å². The van der Waals surface area contributed by atoms with Crippen molar-refractivity contribution in [2.24, 2.45) is 0 Å². The molecular formula is C56H66BBrN6O8. The second kappa shape index (κ2) is 23.2. The molecule has 378 valence electrons. The second-order valence-corrected chi connectivity index (χ2v) is 21.8. The smallest absolute Gasteiger partial charge is 0.423 e. The molecule has 3 amide bonds. The van der Waals surface area contributed by atoms with Crippen LogP contribution >= 0.6 is 15.9 Å². The molecule has 3 N–H and O–H groups in total. The maximum Gasteiger partial charge on any atom is 0.488 e. The van der Waals surface area contributed by atoms with Crippen molar-refractivity contribution < 1.29 is 39.3 Å². The molecule has 0 atom stereocenters. The molecule has 16 heteroatoms. The summed E-state index contributed by atoms with van der Waals surface area (Å²) in [7, 11) is -1.36. The minimum absolute atomic E-state index is 0.164. The highest BCUT2D eigenvalue weighted by molar-refractivity contribution is 9.10. The molecule has 3 aromatic carbocycles. The third-order valence-electron chi connectivity index (χ3n) is 11.5. The Balaban J connectivity index is 0.000000162. The molecule has 14 nitrogen and oxygen atoms in total. The van der Waals surface area contributed by atoms with Crippen LogP contribution in [0.5, 0.6) is 0 Å². The van der Waals surface area contributed by atoms with E-state index in [2.05, 4.69) is 109 Å². The van der Waals surface area contributed by atoms with Gasteiger partial charge >= 0.3 is 7.12 Å². The molecule has 3 aliphatic rings. The summed E-state index contributed by atoms with van der Waals surface area (Å²) < 4.78 is 0.872. The van der Waals surface area contributed by atoms with E-state index < -0.39 is 18.6 Å². The topological polar surface area (TPSA) is 179 Å². The molecule has 0 saturated carbocycles. The first-order chi connectivity index (χ1) is 33.8. The summed E-state index contributed by atoms with van der Waals surface area (Å²) in [6.07, 6.45) is 5.09. The molecule has 0 radical (unpaired) electrons. The van der Waals surface area contributed by atoms with E-state index in [0.29, 0.717) is 58.5 Å². The van der Waals surface area contributed by atoms with Crippen molar-refractivity contribution in [3.8, 4) is 22.3 Å². The lowest BCUT2D eigenvalue weighted by Gasteiger charge is -2.25. The highest BCUT2D eigenvalue weighted by Crippen LogP contribution is 2.32. The number of rotatable bonds is 8. The van der Waals surface area contributed by atoms with Crippen molar-refractivity contribution in [1.29, 1.82) is 0 Å². The van der Waals surface area contributed by atoms with Crippen LogP contribution in [0.2, 0.25) is 0 Å². The summed E-state index contributed by atoms with van der Waals surface area (Å²) in [5, 5.41) is 30.7. The van der Waals surface area contributed by atoms with Crippen molar-refractivity contribution >= 4 is 46.2 Å². The molecule has 0 aliphatic carbocycles. The van der Waals surface area contributed by atoms with Crippen molar-refractivity contribution in [3.63, 3.8) is 0 Å². The fourth-order valence-electron chi connectivity index (χ4n) is 7.84. The van der Waals surface area contributed by atoms with E-state index in [4.69, 9.17) is 19.7 Å². The number of halogens is 1. The number of benzene rings is 3. The van der Waals surface area contributed by atoms with Gasteiger partial charge in [-0.05, 0) is 127 Å². The van der Waals surface area contributed by atoms with Gasteiger partial charge in [0.15, 0.2) is 0 Å². The average molecular weight is 1040 g/mol. The minimum Gasteiger partial charge on any atom is -0.423 e. The number of aromatic nitrogens is 3. The molecule has 0 unspecified atom stereocenters. The number of carbonyl (C=O) groups is 3. The molecule has 9 rings (SSSR count). The van der Waals surface area contributed by atoms with Crippen LogP contribution in [0.1, 0.15) is 166 Å². The predicted octanol–water partition coefficient (Wildman–Crippen LogP) is 10.8. The van der Waals surface area contributed by atoms with E-state index in [1.165, 1.54) is 21.3 Å². The SMILES string of the molecule is CC(C)(C)ON1Cc2cc(Br)cnc2C1=O.CC(C)c1cccc(-c2cnc3c(c2)CN(O)C3=O)c1.CC(C)c1cccc(-c2cnc3c(c2)CN(OC(C)(C)C)C3=O)c1.CC(C)c1cccc(B(O)O)c1. The lowest BCUT2D eigenvalue weighted by molar-refractivity contribution is -0.197. The minimum atomic E-state index is -1.36. The fraction of sp³-hybridized carbons (Fsp3) is 0.357. The van der Waals surface area contributed by atoms with Crippen LogP contribution < -0.4 is 5.46 Å². The molecule has 72 heavy (non-hydrogen) atoms. The van der Waals surface area contributed by atoms with Crippen molar-refractivity contribution in [2.75, 3.05) is 0 Å². The number of hydrogen-bond donors (Lipinski definition) is 3. The highest BCUT2D eigenvalue weighted by atomic mass is 79.9. The van der Waals surface area contributed by atoms with Gasteiger partial charge in [-0.2, -0.15) is 0 Å². The van der Waals surface area contributed by atoms with Gasteiger partial charge in [0.05, 0.1) is 30.8 Å². The molecule has 0 bridgehead atoms. The van der Waals surface area contributed by atoms with E-state index in [1.807, 2.05) is 90.1 Å². The third-order valence-corrected chi connectivity index (χ3v) is 12.0. The van der Waals surface area contributed by atoms with Crippen molar-refractivity contribution in [2.45, 2.75) is 132 Å². The monoisotopic (exact) mass is 1040 g/mol. The van der Waals surface area contributed by atoms with Gasteiger partial charge in [0.2, 0.25) is 0 Å². The average Bonchev–Trinajstić information content (AvgIpc) is 3.91. The zero-order valence-corrected chi connectivity index (χ0v) is 44.9.